The molecule has 0 saturated carbocycles. The Bertz CT molecular complexity index is 880. The SMILES string of the molecule is CC(Sc1nnc(-c2ccc(C(C)(C)C)cc2)o1)C(=O)c1ccccc1. The summed E-state index contributed by atoms with van der Waals surface area (Å²) in [6.07, 6.45) is 0. The van der Waals surface area contributed by atoms with Crippen molar-refractivity contribution in [2.75, 3.05) is 0 Å². The Morgan fingerprint density at radius 3 is 2.27 bits per heavy atom. The molecule has 0 fully saturated rings. The average molecular weight is 366 g/mol. The number of carbonyl (C=O) groups is 1. The van der Waals surface area contributed by atoms with E-state index in [4.69, 9.17) is 4.42 Å². The van der Waals surface area contributed by atoms with Crippen molar-refractivity contribution >= 4 is 17.5 Å². The molecule has 0 spiro atoms. The first-order valence-electron chi connectivity index (χ1n) is 8.55. The monoisotopic (exact) mass is 366 g/mol. The van der Waals surface area contributed by atoms with Crippen LogP contribution in [0.2, 0.25) is 0 Å². The first-order chi connectivity index (χ1) is 12.3. The summed E-state index contributed by atoms with van der Waals surface area (Å²) < 4.78 is 5.74. The molecule has 0 aliphatic carbocycles. The topological polar surface area (TPSA) is 56.0 Å². The normalized spacial score (nSPS) is 12.8. The molecule has 4 nitrogen and oxygen atoms in total. The molecular formula is C21H22N2O2S. The summed E-state index contributed by atoms with van der Waals surface area (Å²) in [5.41, 5.74) is 2.91. The first-order valence-corrected chi connectivity index (χ1v) is 9.43. The zero-order chi connectivity index (χ0) is 18.7. The van der Waals surface area contributed by atoms with Crippen LogP contribution in [-0.4, -0.2) is 21.2 Å². The molecule has 1 aromatic heterocycles. The molecule has 134 valence electrons. The van der Waals surface area contributed by atoms with Gasteiger partial charge in [0.1, 0.15) is 0 Å². The maximum Gasteiger partial charge on any atom is 0.277 e. The van der Waals surface area contributed by atoms with Crippen molar-refractivity contribution in [3.8, 4) is 11.5 Å². The van der Waals surface area contributed by atoms with Crippen molar-refractivity contribution in [2.24, 2.45) is 0 Å². The van der Waals surface area contributed by atoms with Gasteiger partial charge in [-0.15, -0.1) is 10.2 Å². The molecule has 2 aromatic carbocycles. The van der Waals surface area contributed by atoms with E-state index >= 15 is 0 Å². The molecule has 1 heterocycles. The van der Waals surface area contributed by atoms with E-state index in [1.807, 2.05) is 49.4 Å². The number of rotatable bonds is 5. The molecule has 5 heteroatoms. The highest BCUT2D eigenvalue weighted by atomic mass is 32.2. The van der Waals surface area contributed by atoms with E-state index in [9.17, 15) is 4.79 Å². The highest BCUT2D eigenvalue weighted by Crippen LogP contribution is 2.29. The Morgan fingerprint density at radius 2 is 1.65 bits per heavy atom. The van der Waals surface area contributed by atoms with Gasteiger partial charge in [0, 0.05) is 11.1 Å². The summed E-state index contributed by atoms with van der Waals surface area (Å²) in [6, 6.07) is 17.4. The second kappa shape index (κ2) is 7.46. The van der Waals surface area contributed by atoms with Crippen molar-refractivity contribution in [2.45, 2.75) is 43.6 Å². The number of hydrogen-bond acceptors (Lipinski definition) is 5. The second-order valence-electron chi connectivity index (χ2n) is 7.19. The lowest BCUT2D eigenvalue weighted by molar-refractivity contribution is 0.0993. The number of thioether (sulfide) groups is 1. The van der Waals surface area contributed by atoms with Gasteiger partial charge in [-0.1, -0.05) is 75.0 Å². The summed E-state index contributed by atoms with van der Waals surface area (Å²) >= 11 is 1.28. The van der Waals surface area contributed by atoms with Crippen LogP contribution in [0.3, 0.4) is 0 Å². The lowest BCUT2D eigenvalue weighted by Crippen LogP contribution is -2.13. The van der Waals surface area contributed by atoms with Gasteiger partial charge in [0.25, 0.3) is 5.22 Å². The van der Waals surface area contributed by atoms with Crippen LogP contribution < -0.4 is 0 Å². The van der Waals surface area contributed by atoms with E-state index in [-0.39, 0.29) is 16.4 Å². The Kier molecular flexibility index (Phi) is 5.28. The third-order valence-corrected chi connectivity index (χ3v) is 5.04. The summed E-state index contributed by atoms with van der Waals surface area (Å²) in [7, 11) is 0. The van der Waals surface area contributed by atoms with Crippen LogP contribution in [0.25, 0.3) is 11.5 Å². The fraction of sp³-hybridized carbons (Fsp3) is 0.286. The van der Waals surface area contributed by atoms with Gasteiger partial charge in [-0.05, 0) is 30.0 Å². The van der Waals surface area contributed by atoms with Crippen molar-refractivity contribution in [3.05, 3.63) is 65.7 Å². The van der Waals surface area contributed by atoms with Gasteiger partial charge in [0.2, 0.25) is 5.89 Å². The van der Waals surface area contributed by atoms with Gasteiger partial charge in [-0.2, -0.15) is 0 Å². The maximum atomic E-state index is 12.4. The predicted octanol–water partition coefficient (Wildman–Crippen LogP) is 5.40. The van der Waals surface area contributed by atoms with Crippen LogP contribution in [0.4, 0.5) is 0 Å². The third kappa shape index (κ3) is 4.22. The first kappa shape index (κ1) is 18.4. The largest absolute Gasteiger partial charge is 0.411 e. The van der Waals surface area contributed by atoms with Gasteiger partial charge in [-0.3, -0.25) is 4.79 Å². The zero-order valence-corrected chi connectivity index (χ0v) is 16.2. The Hall–Kier alpha value is -2.40. The number of benzene rings is 2. The molecule has 0 bridgehead atoms. The van der Waals surface area contributed by atoms with Crippen molar-refractivity contribution in [3.63, 3.8) is 0 Å². The molecule has 3 aromatic rings. The van der Waals surface area contributed by atoms with Gasteiger partial charge in [-0.25, -0.2) is 0 Å². The van der Waals surface area contributed by atoms with Gasteiger partial charge < -0.3 is 4.42 Å². The number of ketones is 1. The molecule has 1 unspecified atom stereocenters. The molecule has 0 amide bonds. The fourth-order valence-electron chi connectivity index (χ4n) is 2.53. The molecule has 0 radical (unpaired) electrons. The quantitative estimate of drug-likeness (QED) is 0.447. The Labute approximate surface area is 158 Å². The van der Waals surface area contributed by atoms with Crippen LogP contribution in [0, 0.1) is 0 Å². The standard InChI is InChI=1S/C21H22N2O2S/c1-14(18(24)15-8-6-5-7-9-15)26-20-23-22-19(25-20)16-10-12-17(13-11-16)21(2,3)4/h5-14H,1-4H3. The van der Waals surface area contributed by atoms with Gasteiger partial charge in [0.15, 0.2) is 5.78 Å². The predicted molar refractivity (Wildman–Crippen MR) is 105 cm³/mol. The number of Topliss-reactive ketones (excluding diaryl/α,β-unsaturated/α-hetero) is 1. The summed E-state index contributed by atoms with van der Waals surface area (Å²) in [5.74, 6) is 0.511. The van der Waals surface area contributed by atoms with E-state index in [1.54, 1.807) is 0 Å². The van der Waals surface area contributed by atoms with E-state index in [2.05, 4.69) is 43.1 Å². The van der Waals surface area contributed by atoms with Crippen molar-refractivity contribution < 1.29 is 9.21 Å². The molecule has 26 heavy (non-hydrogen) atoms. The molecule has 0 N–H and O–H groups in total. The zero-order valence-electron chi connectivity index (χ0n) is 15.4. The lowest BCUT2D eigenvalue weighted by Gasteiger charge is -2.18. The lowest BCUT2D eigenvalue weighted by atomic mass is 9.87. The molecule has 3 rings (SSSR count). The molecule has 1 atom stereocenters. The van der Waals surface area contributed by atoms with Crippen LogP contribution in [0.15, 0.2) is 64.2 Å². The van der Waals surface area contributed by atoms with E-state index in [0.717, 1.165) is 5.56 Å². The smallest absolute Gasteiger partial charge is 0.277 e. The maximum absolute atomic E-state index is 12.4. The molecular weight excluding hydrogens is 344 g/mol. The number of aromatic nitrogens is 2. The summed E-state index contributed by atoms with van der Waals surface area (Å²) in [6.45, 7) is 8.37. The minimum atomic E-state index is -0.297. The number of carbonyl (C=O) groups excluding carboxylic acids is 1. The Morgan fingerprint density at radius 1 is 1.00 bits per heavy atom. The average Bonchev–Trinajstić information content (AvgIpc) is 3.09. The van der Waals surface area contributed by atoms with Crippen molar-refractivity contribution in [1.29, 1.82) is 0 Å². The highest BCUT2D eigenvalue weighted by Gasteiger charge is 2.20. The third-order valence-electron chi connectivity index (χ3n) is 4.11. The molecule has 0 aliphatic rings. The minimum Gasteiger partial charge on any atom is -0.411 e. The highest BCUT2D eigenvalue weighted by molar-refractivity contribution is 8.00. The fourth-order valence-corrected chi connectivity index (χ4v) is 3.29. The second-order valence-corrected chi connectivity index (χ2v) is 8.48. The van der Waals surface area contributed by atoms with Crippen LogP contribution in [0.1, 0.15) is 43.6 Å². The van der Waals surface area contributed by atoms with E-state index in [0.29, 0.717) is 16.7 Å². The number of nitrogens with zero attached hydrogens (tertiary/aromatic N) is 2. The van der Waals surface area contributed by atoms with Crippen LogP contribution in [-0.2, 0) is 5.41 Å². The van der Waals surface area contributed by atoms with Gasteiger partial charge in [0.05, 0.1) is 5.25 Å². The van der Waals surface area contributed by atoms with E-state index in [1.165, 1.54) is 17.3 Å². The van der Waals surface area contributed by atoms with Crippen LogP contribution >= 0.6 is 11.8 Å². The molecule has 0 aliphatic heterocycles. The van der Waals surface area contributed by atoms with Crippen molar-refractivity contribution in [1.82, 2.24) is 10.2 Å². The van der Waals surface area contributed by atoms with Gasteiger partial charge >= 0.3 is 0 Å². The minimum absolute atomic E-state index is 0.0462. The van der Waals surface area contributed by atoms with Crippen LogP contribution in [0.5, 0.6) is 0 Å². The summed E-state index contributed by atoms with van der Waals surface area (Å²) in [4.78, 5) is 12.4. The summed E-state index contributed by atoms with van der Waals surface area (Å²) in [5, 5.41) is 8.29. The Balaban J connectivity index is 1.71. The van der Waals surface area contributed by atoms with E-state index < -0.39 is 0 Å². The molecule has 0 saturated heterocycles. The number of hydrogen-bond donors (Lipinski definition) is 0.